The fourth-order valence-corrected chi connectivity index (χ4v) is 2.89. The van der Waals surface area contributed by atoms with Crippen molar-refractivity contribution in [3.8, 4) is 0 Å². The Morgan fingerprint density at radius 3 is 2.86 bits per heavy atom. The van der Waals surface area contributed by atoms with Gasteiger partial charge < -0.3 is 10.2 Å². The number of rotatable bonds is 5. The van der Waals surface area contributed by atoms with Crippen LogP contribution in [-0.4, -0.2) is 34.5 Å². The van der Waals surface area contributed by atoms with Crippen LogP contribution in [0.1, 0.15) is 69.1 Å². The molecule has 0 aromatic carbocycles. The maximum Gasteiger partial charge on any atom is 0.270 e. The fourth-order valence-electron chi connectivity index (χ4n) is 2.89. The van der Waals surface area contributed by atoms with Gasteiger partial charge in [0.2, 0.25) is 5.95 Å². The van der Waals surface area contributed by atoms with Crippen molar-refractivity contribution in [2.24, 2.45) is 0 Å². The SMILES string of the molecule is CCC(C)NC(=O)c1cc(C)nc(N2CCCCC2CC)n1. The summed E-state index contributed by atoms with van der Waals surface area (Å²) >= 11 is 0. The Kier molecular flexibility index (Phi) is 5.75. The summed E-state index contributed by atoms with van der Waals surface area (Å²) in [6, 6.07) is 2.41. The summed E-state index contributed by atoms with van der Waals surface area (Å²) < 4.78 is 0. The second-order valence-electron chi connectivity index (χ2n) is 6.23. The lowest BCUT2D eigenvalue weighted by molar-refractivity contribution is 0.0934. The number of aryl methyl sites for hydroxylation is 1. The van der Waals surface area contributed by atoms with Crippen LogP contribution in [0.5, 0.6) is 0 Å². The molecule has 2 atom stereocenters. The summed E-state index contributed by atoms with van der Waals surface area (Å²) in [5.74, 6) is 0.604. The van der Waals surface area contributed by atoms with E-state index in [0.29, 0.717) is 17.7 Å². The van der Waals surface area contributed by atoms with E-state index in [-0.39, 0.29) is 11.9 Å². The average molecular weight is 304 g/mol. The van der Waals surface area contributed by atoms with Gasteiger partial charge in [0, 0.05) is 24.3 Å². The van der Waals surface area contributed by atoms with Gasteiger partial charge in [-0.3, -0.25) is 4.79 Å². The third-order valence-corrected chi connectivity index (χ3v) is 4.42. The Hall–Kier alpha value is -1.65. The number of aromatic nitrogens is 2. The summed E-state index contributed by atoms with van der Waals surface area (Å²) in [6.45, 7) is 9.17. The van der Waals surface area contributed by atoms with Crippen molar-refractivity contribution in [1.29, 1.82) is 0 Å². The zero-order valence-corrected chi connectivity index (χ0v) is 14.2. The minimum absolute atomic E-state index is 0.105. The smallest absolute Gasteiger partial charge is 0.270 e. The quantitative estimate of drug-likeness (QED) is 0.908. The molecule has 1 aromatic heterocycles. The van der Waals surface area contributed by atoms with Crippen LogP contribution >= 0.6 is 0 Å². The predicted octanol–water partition coefficient (Wildman–Crippen LogP) is 3.08. The highest BCUT2D eigenvalue weighted by Crippen LogP contribution is 2.24. The molecule has 0 spiro atoms. The molecule has 0 aliphatic carbocycles. The zero-order valence-electron chi connectivity index (χ0n) is 14.2. The van der Waals surface area contributed by atoms with Gasteiger partial charge in [0.15, 0.2) is 0 Å². The van der Waals surface area contributed by atoms with E-state index in [1.165, 1.54) is 19.3 Å². The molecule has 1 fully saturated rings. The number of anilines is 1. The monoisotopic (exact) mass is 304 g/mol. The highest BCUT2D eigenvalue weighted by Gasteiger charge is 2.24. The maximum atomic E-state index is 12.3. The van der Waals surface area contributed by atoms with Gasteiger partial charge in [-0.15, -0.1) is 0 Å². The third kappa shape index (κ3) is 3.96. The van der Waals surface area contributed by atoms with Gasteiger partial charge in [-0.05, 0) is 52.0 Å². The molecule has 1 N–H and O–H groups in total. The van der Waals surface area contributed by atoms with Crippen molar-refractivity contribution in [2.75, 3.05) is 11.4 Å². The zero-order chi connectivity index (χ0) is 16.1. The lowest BCUT2D eigenvalue weighted by Gasteiger charge is -2.35. The topological polar surface area (TPSA) is 58.1 Å². The van der Waals surface area contributed by atoms with Crippen LogP contribution in [0.4, 0.5) is 5.95 Å². The standard InChI is InChI=1S/C17H28N4O/c1-5-12(3)18-16(22)15-11-13(4)19-17(20-15)21-10-8-7-9-14(21)6-2/h11-12,14H,5-10H2,1-4H3,(H,18,22). The molecule has 1 aromatic rings. The molecule has 1 amide bonds. The minimum Gasteiger partial charge on any atom is -0.348 e. The summed E-state index contributed by atoms with van der Waals surface area (Å²) in [5, 5.41) is 2.98. The van der Waals surface area contributed by atoms with Crippen molar-refractivity contribution in [3.05, 3.63) is 17.5 Å². The normalized spacial score (nSPS) is 19.8. The van der Waals surface area contributed by atoms with Crippen molar-refractivity contribution < 1.29 is 4.79 Å². The molecule has 1 saturated heterocycles. The lowest BCUT2D eigenvalue weighted by Crippen LogP contribution is -2.41. The highest BCUT2D eigenvalue weighted by atomic mass is 16.1. The molecule has 2 heterocycles. The van der Waals surface area contributed by atoms with E-state index in [1.807, 2.05) is 13.8 Å². The molecular weight excluding hydrogens is 276 g/mol. The summed E-state index contributed by atoms with van der Waals surface area (Å²) in [7, 11) is 0. The van der Waals surface area contributed by atoms with Crippen molar-refractivity contribution >= 4 is 11.9 Å². The molecular formula is C17H28N4O. The number of nitrogens with one attached hydrogen (secondary N) is 1. The van der Waals surface area contributed by atoms with E-state index in [0.717, 1.165) is 25.1 Å². The summed E-state index contributed by atoms with van der Waals surface area (Å²) in [6.07, 6.45) is 5.62. The molecule has 122 valence electrons. The van der Waals surface area contributed by atoms with Crippen molar-refractivity contribution in [2.45, 2.75) is 71.9 Å². The lowest BCUT2D eigenvalue weighted by atomic mass is 10.0. The van der Waals surface area contributed by atoms with E-state index in [9.17, 15) is 4.79 Å². The number of hydrogen-bond donors (Lipinski definition) is 1. The van der Waals surface area contributed by atoms with Crippen LogP contribution in [-0.2, 0) is 0 Å². The molecule has 2 rings (SSSR count). The van der Waals surface area contributed by atoms with Gasteiger partial charge >= 0.3 is 0 Å². The molecule has 1 aliphatic heterocycles. The molecule has 0 bridgehead atoms. The summed E-state index contributed by atoms with van der Waals surface area (Å²) in [5.41, 5.74) is 1.32. The second kappa shape index (κ2) is 7.56. The van der Waals surface area contributed by atoms with E-state index in [4.69, 9.17) is 0 Å². The van der Waals surface area contributed by atoms with E-state index in [1.54, 1.807) is 6.07 Å². The van der Waals surface area contributed by atoms with Crippen LogP contribution in [0.2, 0.25) is 0 Å². The molecule has 5 nitrogen and oxygen atoms in total. The largest absolute Gasteiger partial charge is 0.348 e. The second-order valence-corrected chi connectivity index (χ2v) is 6.23. The van der Waals surface area contributed by atoms with Crippen molar-refractivity contribution in [3.63, 3.8) is 0 Å². The van der Waals surface area contributed by atoms with Crippen LogP contribution < -0.4 is 10.2 Å². The Morgan fingerprint density at radius 1 is 1.41 bits per heavy atom. The van der Waals surface area contributed by atoms with Crippen molar-refractivity contribution in [1.82, 2.24) is 15.3 Å². The van der Waals surface area contributed by atoms with Crippen LogP contribution in [0.3, 0.4) is 0 Å². The molecule has 5 heteroatoms. The van der Waals surface area contributed by atoms with Gasteiger partial charge in [0.05, 0.1) is 0 Å². The van der Waals surface area contributed by atoms with Crippen LogP contribution in [0.25, 0.3) is 0 Å². The Balaban J connectivity index is 2.24. The van der Waals surface area contributed by atoms with Gasteiger partial charge in [-0.25, -0.2) is 9.97 Å². The number of carbonyl (C=O) groups is 1. The highest BCUT2D eigenvalue weighted by molar-refractivity contribution is 5.92. The van der Waals surface area contributed by atoms with Gasteiger partial charge in [0.25, 0.3) is 5.91 Å². The Labute approximate surface area is 133 Å². The van der Waals surface area contributed by atoms with E-state index >= 15 is 0 Å². The van der Waals surface area contributed by atoms with E-state index < -0.39 is 0 Å². The molecule has 0 saturated carbocycles. The van der Waals surface area contributed by atoms with Crippen LogP contribution in [0, 0.1) is 6.92 Å². The first-order chi connectivity index (χ1) is 10.5. The Bertz CT molecular complexity index is 517. The van der Waals surface area contributed by atoms with Gasteiger partial charge in [-0.2, -0.15) is 0 Å². The maximum absolute atomic E-state index is 12.3. The van der Waals surface area contributed by atoms with Gasteiger partial charge in [0.1, 0.15) is 5.69 Å². The molecule has 22 heavy (non-hydrogen) atoms. The molecule has 0 radical (unpaired) electrons. The molecule has 2 unspecified atom stereocenters. The van der Waals surface area contributed by atoms with E-state index in [2.05, 4.69) is 34.0 Å². The first-order valence-electron chi connectivity index (χ1n) is 8.48. The van der Waals surface area contributed by atoms with Gasteiger partial charge in [-0.1, -0.05) is 13.8 Å². The number of nitrogens with zero attached hydrogens (tertiary/aromatic N) is 3. The van der Waals surface area contributed by atoms with Crippen LogP contribution in [0.15, 0.2) is 6.07 Å². The average Bonchev–Trinajstić information content (AvgIpc) is 2.53. The number of hydrogen-bond acceptors (Lipinski definition) is 4. The number of carbonyl (C=O) groups excluding carboxylic acids is 1. The number of piperidine rings is 1. The molecule has 1 aliphatic rings. The third-order valence-electron chi connectivity index (χ3n) is 4.42. The first kappa shape index (κ1) is 16.7. The fraction of sp³-hybridized carbons (Fsp3) is 0.706. The Morgan fingerprint density at radius 2 is 2.18 bits per heavy atom. The predicted molar refractivity (Wildman–Crippen MR) is 89.3 cm³/mol. The first-order valence-corrected chi connectivity index (χ1v) is 8.48. The summed E-state index contributed by atoms with van der Waals surface area (Å²) in [4.78, 5) is 23.7. The number of amides is 1. The minimum atomic E-state index is -0.105.